The van der Waals surface area contributed by atoms with Gasteiger partial charge in [-0.2, -0.15) is 0 Å². The van der Waals surface area contributed by atoms with E-state index in [-0.39, 0.29) is 5.91 Å². The highest BCUT2D eigenvalue weighted by atomic mass is 32.1. The Bertz CT molecular complexity index is 331. The summed E-state index contributed by atoms with van der Waals surface area (Å²) in [6.07, 6.45) is 11.5. The molecule has 2 rings (SSSR count). The summed E-state index contributed by atoms with van der Waals surface area (Å²) in [5.74, 6) is 0.979. The molecule has 1 N–H and O–H groups in total. The Morgan fingerprint density at radius 1 is 1.41 bits per heavy atom. The van der Waals surface area contributed by atoms with Crippen LogP contribution >= 0.6 is 11.3 Å². The van der Waals surface area contributed by atoms with Crippen molar-refractivity contribution in [1.82, 2.24) is 4.98 Å². The van der Waals surface area contributed by atoms with E-state index in [0.717, 1.165) is 12.3 Å². The highest BCUT2D eigenvalue weighted by Crippen LogP contribution is 2.27. The Labute approximate surface area is 107 Å². The summed E-state index contributed by atoms with van der Waals surface area (Å²) in [5.41, 5.74) is 0. The van der Waals surface area contributed by atoms with Crippen LogP contribution in [-0.2, 0) is 4.79 Å². The minimum absolute atomic E-state index is 0.107. The van der Waals surface area contributed by atoms with Gasteiger partial charge in [0.25, 0.3) is 0 Å². The van der Waals surface area contributed by atoms with Crippen LogP contribution in [0.2, 0.25) is 0 Å². The van der Waals surface area contributed by atoms with Crippen molar-refractivity contribution in [3.63, 3.8) is 0 Å². The van der Waals surface area contributed by atoms with Crippen LogP contribution in [0.4, 0.5) is 5.13 Å². The lowest BCUT2D eigenvalue weighted by molar-refractivity contribution is -0.116. The Morgan fingerprint density at radius 3 is 2.94 bits per heavy atom. The quantitative estimate of drug-likeness (QED) is 0.865. The second-order valence-corrected chi connectivity index (χ2v) is 5.68. The number of nitrogens with one attached hydrogen (secondary N) is 1. The molecule has 0 radical (unpaired) electrons. The van der Waals surface area contributed by atoms with Crippen LogP contribution in [0.1, 0.15) is 51.4 Å². The van der Waals surface area contributed by atoms with E-state index in [1.807, 2.05) is 5.38 Å². The van der Waals surface area contributed by atoms with Gasteiger partial charge in [-0.05, 0) is 18.8 Å². The molecule has 0 aromatic carbocycles. The van der Waals surface area contributed by atoms with Gasteiger partial charge < -0.3 is 5.32 Å². The highest BCUT2D eigenvalue weighted by Gasteiger charge is 2.13. The second kappa shape index (κ2) is 6.74. The third-order valence-electron chi connectivity index (χ3n) is 3.42. The molecule has 1 saturated carbocycles. The smallest absolute Gasteiger partial charge is 0.226 e. The predicted molar refractivity (Wildman–Crippen MR) is 71.2 cm³/mol. The van der Waals surface area contributed by atoms with E-state index in [1.165, 1.54) is 49.9 Å². The fraction of sp³-hybridized carbons (Fsp3) is 0.692. The fourth-order valence-electron chi connectivity index (χ4n) is 2.49. The van der Waals surface area contributed by atoms with Crippen molar-refractivity contribution in [3.05, 3.63) is 11.6 Å². The first-order chi connectivity index (χ1) is 8.34. The molecule has 94 valence electrons. The van der Waals surface area contributed by atoms with Gasteiger partial charge >= 0.3 is 0 Å². The minimum Gasteiger partial charge on any atom is -0.302 e. The number of anilines is 1. The third kappa shape index (κ3) is 4.46. The van der Waals surface area contributed by atoms with Crippen LogP contribution in [0.15, 0.2) is 11.6 Å². The number of carbonyl (C=O) groups excluding carboxylic acids is 1. The number of rotatable bonds is 5. The molecule has 0 aliphatic heterocycles. The molecule has 3 nitrogen and oxygen atoms in total. The van der Waals surface area contributed by atoms with Crippen molar-refractivity contribution in [2.24, 2.45) is 5.92 Å². The number of aromatic nitrogens is 1. The maximum Gasteiger partial charge on any atom is 0.226 e. The van der Waals surface area contributed by atoms with Gasteiger partial charge in [-0.15, -0.1) is 11.3 Å². The topological polar surface area (TPSA) is 42.0 Å². The first-order valence-electron chi connectivity index (χ1n) is 6.54. The zero-order valence-corrected chi connectivity index (χ0v) is 11.0. The Morgan fingerprint density at radius 2 is 2.24 bits per heavy atom. The van der Waals surface area contributed by atoms with E-state index < -0.39 is 0 Å². The summed E-state index contributed by atoms with van der Waals surface area (Å²) >= 11 is 1.47. The molecule has 1 fully saturated rings. The number of thiazole rings is 1. The van der Waals surface area contributed by atoms with Crippen LogP contribution in [0, 0.1) is 5.92 Å². The maximum absolute atomic E-state index is 11.6. The van der Waals surface area contributed by atoms with Gasteiger partial charge in [0.05, 0.1) is 0 Å². The van der Waals surface area contributed by atoms with Gasteiger partial charge in [0.1, 0.15) is 0 Å². The average Bonchev–Trinajstić information content (AvgIpc) is 2.83. The predicted octanol–water partition coefficient (Wildman–Crippen LogP) is 3.83. The van der Waals surface area contributed by atoms with Crippen LogP contribution in [0.3, 0.4) is 0 Å². The van der Waals surface area contributed by atoms with Gasteiger partial charge in [0.2, 0.25) is 5.91 Å². The fourth-order valence-corrected chi connectivity index (χ4v) is 3.04. The van der Waals surface area contributed by atoms with Crippen molar-refractivity contribution in [2.75, 3.05) is 5.32 Å². The zero-order valence-electron chi connectivity index (χ0n) is 10.2. The zero-order chi connectivity index (χ0) is 11.9. The molecular formula is C13H20N2OS. The summed E-state index contributed by atoms with van der Waals surface area (Å²) in [6, 6.07) is 0. The van der Waals surface area contributed by atoms with E-state index in [2.05, 4.69) is 10.3 Å². The number of carbonyl (C=O) groups is 1. The summed E-state index contributed by atoms with van der Waals surface area (Å²) in [6.45, 7) is 0. The van der Waals surface area contributed by atoms with Crippen molar-refractivity contribution in [3.8, 4) is 0 Å². The summed E-state index contributed by atoms with van der Waals surface area (Å²) in [7, 11) is 0. The molecular weight excluding hydrogens is 232 g/mol. The number of nitrogens with zero attached hydrogens (tertiary/aromatic N) is 1. The van der Waals surface area contributed by atoms with Crippen molar-refractivity contribution in [1.29, 1.82) is 0 Å². The lowest BCUT2D eigenvalue weighted by atomic mass is 9.86. The van der Waals surface area contributed by atoms with E-state index in [4.69, 9.17) is 0 Å². The Kier molecular flexibility index (Phi) is 4.98. The van der Waals surface area contributed by atoms with E-state index in [0.29, 0.717) is 11.6 Å². The average molecular weight is 252 g/mol. The van der Waals surface area contributed by atoms with E-state index in [1.54, 1.807) is 6.20 Å². The molecule has 1 aromatic rings. The molecule has 4 heteroatoms. The largest absolute Gasteiger partial charge is 0.302 e. The molecule has 0 unspecified atom stereocenters. The molecule has 0 bridgehead atoms. The van der Waals surface area contributed by atoms with Gasteiger partial charge in [0, 0.05) is 18.0 Å². The second-order valence-electron chi connectivity index (χ2n) is 4.78. The normalized spacial score (nSPS) is 16.9. The molecule has 0 spiro atoms. The Hall–Kier alpha value is -0.900. The standard InChI is InChI=1S/C13H20N2OS/c16-12(15-13-14-9-10-17-13)8-4-7-11-5-2-1-3-6-11/h9-11H,1-8H2,(H,14,15,16). The number of hydrogen-bond donors (Lipinski definition) is 1. The lowest BCUT2D eigenvalue weighted by Crippen LogP contribution is -2.12. The van der Waals surface area contributed by atoms with Gasteiger partial charge in [-0.3, -0.25) is 4.79 Å². The van der Waals surface area contributed by atoms with Crippen LogP contribution in [0.5, 0.6) is 0 Å². The lowest BCUT2D eigenvalue weighted by Gasteiger charge is -2.20. The van der Waals surface area contributed by atoms with Crippen molar-refractivity contribution < 1.29 is 4.79 Å². The SMILES string of the molecule is O=C(CCCC1CCCCC1)Nc1nccs1. The van der Waals surface area contributed by atoms with Crippen LogP contribution < -0.4 is 5.32 Å². The molecule has 1 aromatic heterocycles. The molecule has 0 atom stereocenters. The summed E-state index contributed by atoms with van der Waals surface area (Å²) in [4.78, 5) is 15.6. The van der Waals surface area contributed by atoms with Crippen LogP contribution in [0.25, 0.3) is 0 Å². The maximum atomic E-state index is 11.6. The van der Waals surface area contributed by atoms with Gasteiger partial charge in [-0.1, -0.05) is 32.1 Å². The van der Waals surface area contributed by atoms with Crippen LogP contribution in [-0.4, -0.2) is 10.9 Å². The summed E-state index contributed by atoms with van der Waals surface area (Å²) < 4.78 is 0. The molecule has 1 heterocycles. The summed E-state index contributed by atoms with van der Waals surface area (Å²) in [5, 5.41) is 5.42. The van der Waals surface area contributed by atoms with Gasteiger partial charge in [-0.25, -0.2) is 4.98 Å². The molecule has 1 amide bonds. The minimum atomic E-state index is 0.107. The van der Waals surface area contributed by atoms with E-state index in [9.17, 15) is 4.79 Å². The first kappa shape index (κ1) is 12.6. The number of hydrogen-bond acceptors (Lipinski definition) is 3. The molecule has 0 saturated heterocycles. The molecule has 17 heavy (non-hydrogen) atoms. The molecule has 1 aliphatic rings. The van der Waals surface area contributed by atoms with Gasteiger partial charge in [0.15, 0.2) is 5.13 Å². The highest BCUT2D eigenvalue weighted by molar-refractivity contribution is 7.13. The van der Waals surface area contributed by atoms with E-state index >= 15 is 0 Å². The molecule has 1 aliphatic carbocycles. The third-order valence-corrected chi connectivity index (χ3v) is 4.11. The first-order valence-corrected chi connectivity index (χ1v) is 7.42. The van der Waals surface area contributed by atoms with Crippen molar-refractivity contribution >= 4 is 22.4 Å². The van der Waals surface area contributed by atoms with Crippen molar-refractivity contribution in [2.45, 2.75) is 51.4 Å². The number of amides is 1. The monoisotopic (exact) mass is 252 g/mol. The Balaban J connectivity index is 1.59.